The molecule has 0 spiro atoms. The average Bonchev–Trinajstić information content (AvgIpc) is 2.74. The van der Waals surface area contributed by atoms with E-state index in [1.54, 1.807) is 56.6 Å². The summed E-state index contributed by atoms with van der Waals surface area (Å²) >= 11 is 0. The molecule has 0 aliphatic heterocycles. The summed E-state index contributed by atoms with van der Waals surface area (Å²) in [6.45, 7) is 1.73. The molecule has 29 heavy (non-hydrogen) atoms. The van der Waals surface area contributed by atoms with Gasteiger partial charge in [-0.05, 0) is 48.9 Å². The third-order valence-corrected chi connectivity index (χ3v) is 4.53. The van der Waals surface area contributed by atoms with Crippen molar-refractivity contribution in [1.82, 2.24) is 4.98 Å². The fourth-order valence-electron chi connectivity index (χ4n) is 3.09. The molecule has 4 rings (SSSR count). The van der Waals surface area contributed by atoms with Crippen LogP contribution >= 0.6 is 0 Å². The van der Waals surface area contributed by atoms with Gasteiger partial charge in [-0.15, -0.1) is 0 Å². The maximum atomic E-state index is 13.1. The Hall–Kier alpha value is -3.93. The molecule has 0 bridgehead atoms. The van der Waals surface area contributed by atoms with E-state index in [1.807, 2.05) is 12.1 Å². The molecule has 0 N–H and O–H groups in total. The van der Waals surface area contributed by atoms with Crippen molar-refractivity contribution in [2.24, 2.45) is 0 Å². The second-order valence-corrected chi connectivity index (χ2v) is 6.38. The van der Waals surface area contributed by atoms with E-state index in [-0.39, 0.29) is 11.2 Å². The first-order chi connectivity index (χ1) is 14.1. The lowest BCUT2D eigenvalue weighted by Gasteiger charge is -2.09. The Balaban J connectivity index is 1.71. The Morgan fingerprint density at radius 1 is 1.03 bits per heavy atom. The van der Waals surface area contributed by atoms with E-state index in [0.717, 1.165) is 5.56 Å². The molecular formula is C23H17NO5. The van der Waals surface area contributed by atoms with E-state index in [0.29, 0.717) is 33.6 Å². The van der Waals surface area contributed by atoms with Crippen molar-refractivity contribution in [1.29, 1.82) is 0 Å². The minimum Gasteiger partial charge on any atom is -0.497 e. The Morgan fingerprint density at radius 3 is 2.48 bits per heavy atom. The van der Waals surface area contributed by atoms with E-state index >= 15 is 0 Å². The molecule has 0 aliphatic carbocycles. The van der Waals surface area contributed by atoms with Crippen molar-refractivity contribution in [2.75, 3.05) is 7.11 Å². The van der Waals surface area contributed by atoms with Crippen LogP contribution in [0.3, 0.4) is 0 Å². The van der Waals surface area contributed by atoms with Crippen LogP contribution in [-0.4, -0.2) is 18.1 Å². The number of ether oxygens (including phenoxy) is 2. The molecule has 2 aromatic carbocycles. The number of pyridine rings is 1. The van der Waals surface area contributed by atoms with Gasteiger partial charge in [0.05, 0.1) is 23.6 Å². The molecule has 6 nitrogen and oxygen atoms in total. The minimum atomic E-state index is -0.536. The number of aromatic nitrogens is 1. The molecule has 0 saturated carbocycles. The highest BCUT2D eigenvalue weighted by atomic mass is 16.5. The molecule has 0 fully saturated rings. The monoisotopic (exact) mass is 387 g/mol. The number of carbonyl (C=O) groups excluding carboxylic acids is 1. The van der Waals surface area contributed by atoms with Crippen LogP contribution < -0.4 is 14.9 Å². The van der Waals surface area contributed by atoms with Crippen LogP contribution in [0.2, 0.25) is 0 Å². The fraction of sp³-hybridized carbons (Fsp3) is 0.0870. The summed E-state index contributed by atoms with van der Waals surface area (Å²) in [6.07, 6.45) is 3.00. The lowest BCUT2D eigenvalue weighted by molar-refractivity contribution is 0.0734. The van der Waals surface area contributed by atoms with Gasteiger partial charge in [0.15, 0.2) is 0 Å². The standard InChI is InChI=1S/C23H17NO5/c1-14-21(15-5-7-17(27-2)8-6-15)22(25)19-10-9-18(12-20(19)28-14)29-23(26)16-4-3-11-24-13-16/h3-13H,1-2H3. The predicted octanol–water partition coefficient (Wildman–Crippen LogP) is 4.39. The second-order valence-electron chi connectivity index (χ2n) is 6.38. The third-order valence-electron chi connectivity index (χ3n) is 4.53. The molecule has 2 aromatic heterocycles. The highest BCUT2D eigenvalue weighted by Crippen LogP contribution is 2.27. The van der Waals surface area contributed by atoms with E-state index in [4.69, 9.17) is 13.9 Å². The first-order valence-electron chi connectivity index (χ1n) is 8.91. The maximum Gasteiger partial charge on any atom is 0.345 e. The second kappa shape index (κ2) is 7.59. The average molecular weight is 387 g/mol. The molecule has 6 heteroatoms. The lowest BCUT2D eigenvalue weighted by atomic mass is 10.0. The molecule has 0 amide bonds. The number of hydrogen-bond acceptors (Lipinski definition) is 6. The smallest absolute Gasteiger partial charge is 0.345 e. The number of aryl methyl sites for hydroxylation is 1. The third kappa shape index (κ3) is 3.60. The van der Waals surface area contributed by atoms with Crippen molar-refractivity contribution in [3.63, 3.8) is 0 Å². The molecule has 144 valence electrons. The number of nitrogens with zero attached hydrogens (tertiary/aromatic N) is 1. The first-order valence-corrected chi connectivity index (χ1v) is 8.91. The molecule has 4 aromatic rings. The van der Waals surface area contributed by atoms with Gasteiger partial charge in [-0.25, -0.2) is 4.79 Å². The number of benzene rings is 2. The van der Waals surface area contributed by atoms with Crippen LogP contribution in [-0.2, 0) is 0 Å². The largest absolute Gasteiger partial charge is 0.497 e. The summed E-state index contributed by atoms with van der Waals surface area (Å²) < 4.78 is 16.4. The van der Waals surface area contributed by atoms with Crippen molar-refractivity contribution in [3.05, 3.63) is 88.5 Å². The Morgan fingerprint density at radius 2 is 1.79 bits per heavy atom. The number of carbonyl (C=O) groups is 1. The fourth-order valence-corrected chi connectivity index (χ4v) is 3.09. The van der Waals surface area contributed by atoms with Gasteiger partial charge < -0.3 is 13.9 Å². The predicted molar refractivity (Wildman–Crippen MR) is 108 cm³/mol. The van der Waals surface area contributed by atoms with E-state index in [2.05, 4.69) is 4.98 Å². The Bertz CT molecular complexity index is 1240. The normalized spacial score (nSPS) is 10.7. The van der Waals surface area contributed by atoms with E-state index in [1.165, 1.54) is 12.3 Å². The summed E-state index contributed by atoms with van der Waals surface area (Å²) in [6, 6.07) is 15.2. The topological polar surface area (TPSA) is 78.6 Å². The van der Waals surface area contributed by atoms with Gasteiger partial charge in [0.1, 0.15) is 22.8 Å². The van der Waals surface area contributed by atoms with E-state index < -0.39 is 5.97 Å². The quantitative estimate of drug-likeness (QED) is 0.382. The molecule has 0 aliphatic rings. The summed E-state index contributed by atoms with van der Waals surface area (Å²) in [5.74, 6) is 0.928. The Kier molecular flexibility index (Phi) is 4.83. The van der Waals surface area contributed by atoms with Gasteiger partial charge in [-0.3, -0.25) is 9.78 Å². The van der Waals surface area contributed by atoms with Crippen LogP contribution in [0.5, 0.6) is 11.5 Å². The van der Waals surface area contributed by atoms with Gasteiger partial charge in [0, 0.05) is 18.5 Å². The highest BCUT2D eigenvalue weighted by Gasteiger charge is 2.15. The highest BCUT2D eigenvalue weighted by molar-refractivity contribution is 5.91. The zero-order chi connectivity index (χ0) is 20.4. The first kappa shape index (κ1) is 18.4. The zero-order valence-electron chi connectivity index (χ0n) is 15.8. The number of fused-ring (bicyclic) bond motifs is 1. The summed E-state index contributed by atoms with van der Waals surface area (Å²) in [7, 11) is 1.59. The zero-order valence-corrected chi connectivity index (χ0v) is 15.8. The number of hydrogen-bond donors (Lipinski definition) is 0. The van der Waals surface area contributed by atoms with Crippen molar-refractivity contribution >= 4 is 16.9 Å². The molecule has 0 atom stereocenters. The van der Waals surface area contributed by atoms with Crippen LogP contribution in [0.25, 0.3) is 22.1 Å². The lowest BCUT2D eigenvalue weighted by Crippen LogP contribution is -2.10. The summed E-state index contributed by atoms with van der Waals surface area (Å²) in [5, 5.41) is 0.405. The SMILES string of the molecule is COc1ccc(-c2c(C)oc3cc(OC(=O)c4cccnc4)ccc3c2=O)cc1. The Labute approximate surface area is 166 Å². The van der Waals surface area contributed by atoms with Crippen molar-refractivity contribution in [3.8, 4) is 22.6 Å². The van der Waals surface area contributed by atoms with Gasteiger partial charge in [-0.2, -0.15) is 0 Å². The number of esters is 1. The molecule has 0 saturated heterocycles. The molecule has 2 heterocycles. The van der Waals surface area contributed by atoms with Crippen LogP contribution in [0, 0.1) is 6.92 Å². The number of rotatable bonds is 4. The molecular weight excluding hydrogens is 370 g/mol. The maximum absolute atomic E-state index is 13.1. The minimum absolute atomic E-state index is 0.154. The van der Waals surface area contributed by atoms with Gasteiger partial charge in [0.25, 0.3) is 0 Å². The number of methoxy groups -OCH3 is 1. The van der Waals surface area contributed by atoms with Gasteiger partial charge >= 0.3 is 5.97 Å². The van der Waals surface area contributed by atoms with Gasteiger partial charge in [-0.1, -0.05) is 12.1 Å². The van der Waals surface area contributed by atoms with Crippen molar-refractivity contribution in [2.45, 2.75) is 6.92 Å². The summed E-state index contributed by atoms with van der Waals surface area (Å²) in [5.41, 5.74) is 1.76. The van der Waals surface area contributed by atoms with Crippen LogP contribution in [0.15, 0.2) is 76.2 Å². The van der Waals surface area contributed by atoms with Crippen LogP contribution in [0.4, 0.5) is 0 Å². The van der Waals surface area contributed by atoms with Crippen molar-refractivity contribution < 1.29 is 18.7 Å². The van der Waals surface area contributed by atoms with Gasteiger partial charge in [0.2, 0.25) is 5.43 Å². The van der Waals surface area contributed by atoms with E-state index in [9.17, 15) is 9.59 Å². The van der Waals surface area contributed by atoms with Crippen LogP contribution in [0.1, 0.15) is 16.1 Å². The summed E-state index contributed by atoms with van der Waals surface area (Å²) in [4.78, 5) is 29.2. The molecule has 0 unspecified atom stereocenters. The molecule has 0 radical (unpaired) electrons.